The standard InChI is InChI=1S/C18H16Br2O4/c1-23-10-12-7-13(18(20)16(22)9-12)15(21)5-3-11-4-6-17(24-2)14(19)8-11/h3-9,22H,10H2,1-2H3/b5-3+. The predicted octanol–water partition coefficient (Wildman–Crippen LogP) is 4.97. The number of benzene rings is 2. The average Bonchev–Trinajstić information content (AvgIpc) is 2.56. The van der Waals surface area contributed by atoms with Crippen LogP contribution in [0.25, 0.3) is 6.08 Å². The number of allylic oxidation sites excluding steroid dienone is 1. The number of halogens is 2. The minimum Gasteiger partial charge on any atom is -0.507 e. The molecule has 2 rings (SSSR count). The van der Waals surface area contributed by atoms with Gasteiger partial charge in [-0.15, -0.1) is 0 Å². The lowest BCUT2D eigenvalue weighted by Crippen LogP contribution is -1.99. The number of phenols is 1. The number of aromatic hydroxyl groups is 1. The van der Waals surface area contributed by atoms with Crippen molar-refractivity contribution >= 4 is 43.7 Å². The van der Waals surface area contributed by atoms with Crippen LogP contribution in [0.4, 0.5) is 0 Å². The molecule has 0 amide bonds. The normalized spacial score (nSPS) is 11.0. The zero-order valence-corrected chi connectivity index (χ0v) is 16.3. The van der Waals surface area contributed by atoms with E-state index in [1.807, 2.05) is 18.2 Å². The summed E-state index contributed by atoms with van der Waals surface area (Å²) < 4.78 is 11.4. The van der Waals surface area contributed by atoms with Gasteiger partial charge in [-0.3, -0.25) is 4.79 Å². The van der Waals surface area contributed by atoms with Crippen molar-refractivity contribution in [1.82, 2.24) is 0 Å². The van der Waals surface area contributed by atoms with Crippen LogP contribution in [0.15, 0.2) is 45.4 Å². The maximum atomic E-state index is 12.5. The number of carbonyl (C=O) groups excluding carboxylic acids is 1. The first-order chi connectivity index (χ1) is 11.5. The molecule has 6 heteroatoms. The van der Waals surface area contributed by atoms with Gasteiger partial charge in [0.2, 0.25) is 0 Å². The smallest absolute Gasteiger partial charge is 0.187 e. The van der Waals surface area contributed by atoms with Crippen LogP contribution in [-0.2, 0) is 11.3 Å². The molecule has 0 unspecified atom stereocenters. The molecule has 1 N–H and O–H groups in total. The number of hydrogen-bond acceptors (Lipinski definition) is 4. The molecule has 0 aliphatic rings. The Morgan fingerprint density at radius 1 is 1.21 bits per heavy atom. The Bertz CT molecular complexity index is 785. The molecule has 0 bridgehead atoms. The van der Waals surface area contributed by atoms with E-state index in [1.54, 1.807) is 32.4 Å². The Morgan fingerprint density at radius 2 is 1.96 bits per heavy atom. The van der Waals surface area contributed by atoms with Crippen molar-refractivity contribution in [3.63, 3.8) is 0 Å². The first-order valence-electron chi connectivity index (χ1n) is 7.02. The molecule has 0 saturated heterocycles. The molecule has 2 aromatic rings. The molecular formula is C18H16Br2O4. The lowest BCUT2D eigenvalue weighted by Gasteiger charge is -2.07. The Kier molecular flexibility index (Phi) is 6.60. The summed E-state index contributed by atoms with van der Waals surface area (Å²) in [5.41, 5.74) is 1.96. The minimum absolute atomic E-state index is 0.00786. The second kappa shape index (κ2) is 8.46. The summed E-state index contributed by atoms with van der Waals surface area (Å²) in [6, 6.07) is 8.78. The number of rotatable bonds is 6. The van der Waals surface area contributed by atoms with E-state index in [0.29, 0.717) is 16.6 Å². The van der Waals surface area contributed by atoms with Gasteiger partial charge in [0.25, 0.3) is 0 Å². The van der Waals surface area contributed by atoms with Crippen LogP contribution < -0.4 is 4.74 Å². The van der Waals surface area contributed by atoms with E-state index in [2.05, 4.69) is 31.9 Å². The molecule has 0 aliphatic carbocycles. The third kappa shape index (κ3) is 4.47. The zero-order valence-electron chi connectivity index (χ0n) is 13.2. The summed E-state index contributed by atoms with van der Waals surface area (Å²) in [4.78, 5) is 12.5. The van der Waals surface area contributed by atoms with Crippen LogP contribution in [0.1, 0.15) is 21.5 Å². The van der Waals surface area contributed by atoms with Crippen LogP contribution in [0.3, 0.4) is 0 Å². The van der Waals surface area contributed by atoms with Gasteiger partial charge in [0.15, 0.2) is 5.78 Å². The van der Waals surface area contributed by atoms with Crippen molar-refractivity contribution < 1.29 is 19.4 Å². The van der Waals surface area contributed by atoms with Crippen molar-refractivity contribution in [2.45, 2.75) is 6.61 Å². The van der Waals surface area contributed by atoms with Crippen LogP contribution >= 0.6 is 31.9 Å². The van der Waals surface area contributed by atoms with Gasteiger partial charge in [0, 0.05) is 12.7 Å². The van der Waals surface area contributed by atoms with Gasteiger partial charge in [-0.25, -0.2) is 0 Å². The summed E-state index contributed by atoms with van der Waals surface area (Å²) in [6.45, 7) is 0.316. The van der Waals surface area contributed by atoms with E-state index in [0.717, 1.165) is 21.3 Å². The molecule has 0 spiro atoms. The Morgan fingerprint density at radius 3 is 2.58 bits per heavy atom. The third-order valence-corrected chi connectivity index (χ3v) is 4.75. The fourth-order valence-corrected chi connectivity index (χ4v) is 3.13. The second-order valence-electron chi connectivity index (χ2n) is 5.00. The van der Waals surface area contributed by atoms with Gasteiger partial charge < -0.3 is 14.6 Å². The highest BCUT2D eigenvalue weighted by Crippen LogP contribution is 2.31. The molecule has 0 fully saturated rings. The highest BCUT2D eigenvalue weighted by atomic mass is 79.9. The quantitative estimate of drug-likeness (QED) is 0.493. The predicted molar refractivity (Wildman–Crippen MR) is 101 cm³/mol. The second-order valence-corrected chi connectivity index (χ2v) is 6.65. The molecule has 24 heavy (non-hydrogen) atoms. The number of hydrogen-bond donors (Lipinski definition) is 1. The van der Waals surface area contributed by atoms with E-state index in [4.69, 9.17) is 9.47 Å². The third-order valence-electron chi connectivity index (χ3n) is 3.29. The molecular weight excluding hydrogens is 440 g/mol. The first-order valence-corrected chi connectivity index (χ1v) is 8.61. The maximum Gasteiger partial charge on any atom is 0.187 e. The van der Waals surface area contributed by atoms with Gasteiger partial charge in [-0.2, -0.15) is 0 Å². The van der Waals surface area contributed by atoms with Gasteiger partial charge in [0.1, 0.15) is 11.5 Å². The number of phenolic OH excluding ortho intramolecular Hbond substituents is 1. The molecule has 0 aromatic heterocycles. The molecule has 0 heterocycles. The summed E-state index contributed by atoms with van der Waals surface area (Å²) in [5.74, 6) is 0.508. The van der Waals surface area contributed by atoms with Crippen molar-refractivity contribution in [3.8, 4) is 11.5 Å². The maximum absolute atomic E-state index is 12.5. The van der Waals surface area contributed by atoms with Crippen LogP contribution in [0, 0.1) is 0 Å². The molecule has 4 nitrogen and oxygen atoms in total. The van der Waals surface area contributed by atoms with E-state index in [-0.39, 0.29) is 11.5 Å². The van der Waals surface area contributed by atoms with Crippen LogP contribution in [0.2, 0.25) is 0 Å². The van der Waals surface area contributed by atoms with Crippen molar-refractivity contribution in [2.75, 3.05) is 14.2 Å². The number of carbonyl (C=O) groups is 1. The molecule has 0 aliphatic heterocycles. The first kappa shape index (κ1) is 18.7. The SMILES string of the molecule is COCc1cc(O)c(Br)c(C(=O)/C=C/c2ccc(OC)c(Br)c2)c1. The van der Waals surface area contributed by atoms with E-state index in [1.165, 1.54) is 6.08 Å². The summed E-state index contributed by atoms with van der Waals surface area (Å²) in [5, 5.41) is 9.94. The Balaban J connectivity index is 2.27. The number of methoxy groups -OCH3 is 2. The van der Waals surface area contributed by atoms with Crippen LogP contribution in [-0.4, -0.2) is 25.1 Å². The highest BCUT2D eigenvalue weighted by molar-refractivity contribution is 9.11. The van der Waals surface area contributed by atoms with Crippen molar-refractivity contribution in [2.24, 2.45) is 0 Å². The monoisotopic (exact) mass is 454 g/mol. The van der Waals surface area contributed by atoms with Crippen LogP contribution in [0.5, 0.6) is 11.5 Å². The van der Waals surface area contributed by atoms with E-state index < -0.39 is 0 Å². The Labute approximate surface area is 157 Å². The molecule has 0 saturated carbocycles. The number of ketones is 1. The van der Waals surface area contributed by atoms with E-state index in [9.17, 15) is 9.90 Å². The lowest BCUT2D eigenvalue weighted by atomic mass is 10.1. The van der Waals surface area contributed by atoms with Gasteiger partial charge in [-0.05, 0) is 73.3 Å². The van der Waals surface area contributed by atoms with E-state index >= 15 is 0 Å². The van der Waals surface area contributed by atoms with Crippen molar-refractivity contribution in [3.05, 3.63) is 62.0 Å². The minimum atomic E-state index is -0.220. The molecule has 0 radical (unpaired) electrons. The molecule has 2 aromatic carbocycles. The molecule has 126 valence electrons. The molecule has 0 atom stereocenters. The topological polar surface area (TPSA) is 55.8 Å². The Hall–Kier alpha value is -1.63. The highest BCUT2D eigenvalue weighted by Gasteiger charge is 2.13. The largest absolute Gasteiger partial charge is 0.507 e. The fourth-order valence-electron chi connectivity index (χ4n) is 2.14. The fraction of sp³-hybridized carbons (Fsp3) is 0.167. The average molecular weight is 456 g/mol. The van der Waals surface area contributed by atoms with Gasteiger partial charge in [-0.1, -0.05) is 12.1 Å². The summed E-state index contributed by atoms with van der Waals surface area (Å²) >= 11 is 6.66. The lowest BCUT2D eigenvalue weighted by molar-refractivity contribution is 0.104. The zero-order chi connectivity index (χ0) is 17.7. The van der Waals surface area contributed by atoms with Crippen molar-refractivity contribution in [1.29, 1.82) is 0 Å². The van der Waals surface area contributed by atoms with Gasteiger partial charge in [0.05, 0.1) is 22.7 Å². The summed E-state index contributed by atoms with van der Waals surface area (Å²) in [6.07, 6.45) is 3.17. The summed E-state index contributed by atoms with van der Waals surface area (Å²) in [7, 11) is 3.15. The van der Waals surface area contributed by atoms with Gasteiger partial charge >= 0.3 is 0 Å². The number of ether oxygens (including phenoxy) is 2.